The third-order valence-corrected chi connectivity index (χ3v) is 5.02. The standard InChI is InChI=1S/C27H25N3O4/c1-27(2,3)34-26(33)28-16-17-9-11-19(12-10-17)24-23(18-7-5-4-6-8-18)29-21-14-13-20(25(31)32)15-22(21)30-24/h4-15H,16H2,1-3H3,(H,28,33)(H,31,32). The van der Waals surface area contributed by atoms with Gasteiger partial charge in [0.2, 0.25) is 0 Å². The summed E-state index contributed by atoms with van der Waals surface area (Å²) >= 11 is 0. The van der Waals surface area contributed by atoms with Gasteiger partial charge in [-0.1, -0.05) is 54.6 Å². The lowest BCUT2D eigenvalue weighted by Crippen LogP contribution is -2.32. The molecule has 0 aliphatic heterocycles. The third kappa shape index (κ3) is 5.38. The van der Waals surface area contributed by atoms with Crippen molar-refractivity contribution < 1.29 is 19.4 Å². The first-order chi connectivity index (χ1) is 16.2. The summed E-state index contributed by atoms with van der Waals surface area (Å²) in [4.78, 5) is 33.0. The van der Waals surface area contributed by atoms with E-state index in [2.05, 4.69) is 5.32 Å². The van der Waals surface area contributed by atoms with Gasteiger partial charge in [-0.05, 0) is 44.5 Å². The molecule has 1 amide bonds. The summed E-state index contributed by atoms with van der Waals surface area (Å²) in [5, 5.41) is 12.1. The van der Waals surface area contributed by atoms with Crippen LogP contribution in [0.5, 0.6) is 0 Å². The van der Waals surface area contributed by atoms with Crippen LogP contribution in [-0.4, -0.2) is 32.7 Å². The molecule has 0 spiro atoms. The van der Waals surface area contributed by atoms with Crippen molar-refractivity contribution in [1.82, 2.24) is 15.3 Å². The predicted octanol–water partition coefficient (Wildman–Crippen LogP) is 5.69. The molecule has 1 aromatic heterocycles. The zero-order valence-electron chi connectivity index (χ0n) is 19.2. The summed E-state index contributed by atoms with van der Waals surface area (Å²) in [6.45, 7) is 5.77. The Bertz CT molecular complexity index is 1340. The molecule has 172 valence electrons. The molecule has 1 heterocycles. The first-order valence-electron chi connectivity index (χ1n) is 10.9. The van der Waals surface area contributed by atoms with Crippen molar-refractivity contribution in [2.75, 3.05) is 0 Å². The number of aromatic nitrogens is 2. The average molecular weight is 456 g/mol. The number of carbonyl (C=O) groups excluding carboxylic acids is 1. The van der Waals surface area contributed by atoms with Crippen LogP contribution in [0.3, 0.4) is 0 Å². The Kier molecular flexibility index (Phi) is 6.27. The van der Waals surface area contributed by atoms with E-state index in [9.17, 15) is 14.7 Å². The van der Waals surface area contributed by atoms with Crippen molar-refractivity contribution in [3.63, 3.8) is 0 Å². The Morgan fingerprint density at radius 1 is 0.853 bits per heavy atom. The van der Waals surface area contributed by atoms with Gasteiger partial charge in [-0.15, -0.1) is 0 Å². The number of fused-ring (bicyclic) bond motifs is 1. The van der Waals surface area contributed by atoms with E-state index >= 15 is 0 Å². The smallest absolute Gasteiger partial charge is 0.407 e. The van der Waals surface area contributed by atoms with Crippen LogP contribution in [-0.2, 0) is 11.3 Å². The minimum Gasteiger partial charge on any atom is -0.478 e. The summed E-state index contributed by atoms with van der Waals surface area (Å²) in [7, 11) is 0. The van der Waals surface area contributed by atoms with Crippen molar-refractivity contribution in [2.24, 2.45) is 0 Å². The van der Waals surface area contributed by atoms with Crippen LogP contribution >= 0.6 is 0 Å². The van der Waals surface area contributed by atoms with E-state index in [0.29, 0.717) is 29.0 Å². The topological polar surface area (TPSA) is 101 Å². The van der Waals surface area contributed by atoms with Gasteiger partial charge >= 0.3 is 12.1 Å². The number of nitrogens with one attached hydrogen (secondary N) is 1. The van der Waals surface area contributed by atoms with Crippen LogP contribution in [0.15, 0.2) is 72.8 Å². The predicted molar refractivity (Wildman–Crippen MR) is 130 cm³/mol. The number of hydrogen-bond acceptors (Lipinski definition) is 5. The second-order valence-corrected chi connectivity index (χ2v) is 8.85. The summed E-state index contributed by atoms with van der Waals surface area (Å²) < 4.78 is 5.27. The van der Waals surface area contributed by atoms with Gasteiger partial charge in [0.1, 0.15) is 5.60 Å². The molecule has 4 aromatic rings. The number of amides is 1. The maximum Gasteiger partial charge on any atom is 0.407 e. The minimum atomic E-state index is -1.01. The van der Waals surface area contributed by atoms with Crippen molar-refractivity contribution in [1.29, 1.82) is 0 Å². The average Bonchev–Trinajstić information content (AvgIpc) is 2.81. The SMILES string of the molecule is CC(C)(C)OC(=O)NCc1ccc(-c2nc3cc(C(=O)O)ccc3nc2-c2ccccc2)cc1. The van der Waals surface area contributed by atoms with Crippen LogP contribution in [0.4, 0.5) is 4.79 Å². The Morgan fingerprint density at radius 3 is 2.09 bits per heavy atom. The van der Waals surface area contributed by atoms with E-state index in [4.69, 9.17) is 14.7 Å². The van der Waals surface area contributed by atoms with E-state index in [1.165, 1.54) is 12.1 Å². The highest BCUT2D eigenvalue weighted by Crippen LogP contribution is 2.31. The minimum absolute atomic E-state index is 0.156. The van der Waals surface area contributed by atoms with Gasteiger partial charge in [0.25, 0.3) is 0 Å². The molecule has 0 saturated heterocycles. The number of rotatable bonds is 5. The molecular weight excluding hydrogens is 430 g/mol. The van der Waals surface area contributed by atoms with Crippen LogP contribution in [0.1, 0.15) is 36.7 Å². The van der Waals surface area contributed by atoms with E-state index in [-0.39, 0.29) is 5.56 Å². The summed E-state index contributed by atoms with van der Waals surface area (Å²) in [6.07, 6.45) is -0.474. The first-order valence-corrected chi connectivity index (χ1v) is 10.9. The number of ether oxygens (including phenoxy) is 1. The second kappa shape index (κ2) is 9.31. The summed E-state index contributed by atoms with van der Waals surface area (Å²) in [6, 6.07) is 22.1. The highest BCUT2D eigenvalue weighted by atomic mass is 16.6. The molecule has 7 nitrogen and oxygen atoms in total. The molecule has 0 unspecified atom stereocenters. The van der Waals surface area contributed by atoms with Crippen LogP contribution < -0.4 is 5.32 Å². The Hall–Kier alpha value is -4.26. The molecule has 34 heavy (non-hydrogen) atoms. The lowest BCUT2D eigenvalue weighted by Gasteiger charge is -2.19. The summed E-state index contributed by atoms with van der Waals surface area (Å²) in [5.41, 5.74) is 4.71. The van der Waals surface area contributed by atoms with Gasteiger partial charge in [-0.2, -0.15) is 0 Å². The van der Waals surface area contributed by atoms with Crippen molar-refractivity contribution in [3.8, 4) is 22.5 Å². The number of hydrogen-bond donors (Lipinski definition) is 2. The molecule has 0 saturated carbocycles. The number of aromatic carboxylic acids is 1. The third-order valence-electron chi connectivity index (χ3n) is 5.02. The highest BCUT2D eigenvalue weighted by molar-refractivity contribution is 5.94. The molecule has 7 heteroatoms. The Morgan fingerprint density at radius 2 is 1.47 bits per heavy atom. The van der Waals surface area contributed by atoms with Crippen LogP contribution in [0.25, 0.3) is 33.5 Å². The number of carboxylic acid groups (broad SMARTS) is 1. The highest BCUT2D eigenvalue weighted by Gasteiger charge is 2.17. The van der Waals surface area contributed by atoms with E-state index in [0.717, 1.165) is 16.7 Å². The monoisotopic (exact) mass is 455 g/mol. The number of carbonyl (C=O) groups is 2. The number of nitrogens with zero attached hydrogens (tertiary/aromatic N) is 2. The Balaban J connectivity index is 1.69. The molecule has 0 aliphatic rings. The maximum absolute atomic E-state index is 11.9. The number of alkyl carbamates (subject to hydrolysis) is 1. The zero-order valence-corrected chi connectivity index (χ0v) is 19.2. The second-order valence-electron chi connectivity index (χ2n) is 8.85. The van der Waals surface area contributed by atoms with E-state index in [1.807, 2.05) is 75.4 Å². The molecule has 0 bridgehead atoms. The van der Waals surface area contributed by atoms with Crippen molar-refractivity contribution >= 4 is 23.1 Å². The normalized spacial score (nSPS) is 11.3. The molecule has 0 aliphatic carbocycles. The molecule has 0 radical (unpaired) electrons. The van der Waals surface area contributed by atoms with Gasteiger partial charge in [0.05, 0.1) is 28.0 Å². The fourth-order valence-corrected chi connectivity index (χ4v) is 3.45. The van der Waals surface area contributed by atoms with Crippen molar-refractivity contribution in [2.45, 2.75) is 32.9 Å². The zero-order chi connectivity index (χ0) is 24.3. The molecule has 2 N–H and O–H groups in total. The number of carboxylic acids is 1. The fraction of sp³-hybridized carbons (Fsp3) is 0.185. The van der Waals surface area contributed by atoms with Crippen molar-refractivity contribution in [3.05, 3.63) is 83.9 Å². The van der Waals surface area contributed by atoms with Crippen LogP contribution in [0.2, 0.25) is 0 Å². The van der Waals surface area contributed by atoms with Gasteiger partial charge in [0, 0.05) is 17.7 Å². The van der Waals surface area contributed by atoms with E-state index in [1.54, 1.807) is 6.07 Å². The Labute approximate surface area is 197 Å². The van der Waals surface area contributed by atoms with Crippen LogP contribution in [0, 0.1) is 0 Å². The number of benzene rings is 3. The molecule has 3 aromatic carbocycles. The quantitative estimate of drug-likeness (QED) is 0.401. The fourth-order valence-electron chi connectivity index (χ4n) is 3.45. The maximum atomic E-state index is 11.9. The molecular formula is C27H25N3O4. The largest absolute Gasteiger partial charge is 0.478 e. The van der Waals surface area contributed by atoms with Gasteiger partial charge < -0.3 is 15.2 Å². The first kappa shape index (κ1) is 22.9. The van der Waals surface area contributed by atoms with E-state index < -0.39 is 17.7 Å². The van der Waals surface area contributed by atoms with Gasteiger partial charge in [-0.3, -0.25) is 0 Å². The summed E-state index contributed by atoms with van der Waals surface area (Å²) in [5.74, 6) is -1.01. The molecule has 0 fully saturated rings. The van der Waals surface area contributed by atoms with Gasteiger partial charge in [-0.25, -0.2) is 19.6 Å². The molecule has 4 rings (SSSR count). The lowest BCUT2D eigenvalue weighted by atomic mass is 10.0. The van der Waals surface area contributed by atoms with Gasteiger partial charge in [0.15, 0.2) is 0 Å². The lowest BCUT2D eigenvalue weighted by molar-refractivity contribution is 0.0523. The molecule has 0 atom stereocenters.